The van der Waals surface area contributed by atoms with Crippen LogP contribution in [0.5, 0.6) is 0 Å². The minimum atomic E-state index is -0.623. The molecule has 0 spiro atoms. The Hall–Kier alpha value is -1.55. The van der Waals surface area contributed by atoms with Gasteiger partial charge in [0, 0.05) is 25.4 Å². The summed E-state index contributed by atoms with van der Waals surface area (Å²) >= 11 is 0. The summed E-state index contributed by atoms with van der Waals surface area (Å²) in [6.45, 7) is 0.821. The lowest BCUT2D eigenvalue weighted by molar-refractivity contribution is -0.131. The number of carbonyl (C=O) groups is 1. The van der Waals surface area contributed by atoms with Crippen molar-refractivity contribution in [2.24, 2.45) is 0 Å². The monoisotopic (exact) mass is 303 g/mol. The Morgan fingerprint density at radius 2 is 2.32 bits per heavy atom. The second-order valence-electron chi connectivity index (χ2n) is 6.44. The van der Waals surface area contributed by atoms with Crippen LogP contribution in [0.25, 0.3) is 0 Å². The average Bonchev–Trinajstić information content (AvgIpc) is 3.19. The van der Waals surface area contributed by atoms with E-state index in [1.165, 1.54) is 18.4 Å². The molecular weight excluding hydrogens is 278 g/mol. The van der Waals surface area contributed by atoms with Gasteiger partial charge in [-0.25, -0.2) is 0 Å². The number of amides is 1. The highest BCUT2D eigenvalue weighted by molar-refractivity contribution is 5.79. The van der Waals surface area contributed by atoms with Crippen molar-refractivity contribution < 1.29 is 14.3 Å². The maximum absolute atomic E-state index is 12.6. The average molecular weight is 303 g/mol. The van der Waals surface area contributed by atoms with Crippen molar-refractivity contribution in [3.8, 4) is 0 Å². The zero-order valence-electron chi connectivity index (χ0n) is 13.0. The molecule has 2 aliphatic rings. The van der Waals surface area contributed by atoms with Crippen molar-refractivity contribution in [2.45, 2.75) is 63.5 Å². The molecule has 1 aliphatic heterocycles. The van der Waals surface area contributed by atoms with E-state index in [0.717, 1.165) is 32.2 Å². The molecule has 1 aliphatic carbocycles. The first-order valence-electron chi connectivity index (χ1n) is 8.43. The summed E-state index contributed by atoms with van der Waals surface area (Å²) in [5.41, 5.74) is 1.30. The summed E-state index contributed by atoms with van der Waals surface area (Å²) in [7, 11) is 0. The number of likely N-dealkylation sites (tertiary alicyclic amines) is 1. The minimum Gasteiger partial charge on any atom is -0.467 e. The van der Waals surface area contributed by atoms with E-state index in [-0.39, 0.29) is 11.9 Å². The minimum absolute atomic E-state index is 0.136. The molecular formula is C18H25NO3. The fourth-order valence-corrected chi connectivity index (χ4v) is 3.62. The molecule has 0 radical (unpaired) electrons. The molecule has 120 valence electrons. The summed E-state index contributed by atoms with van der Waals surface area (Å²) < 4.78 is 5.26. The van der Waals surface area contributed by atoms with Gasteiger partial charge in [0.25, 0.3) is 0 Å². The van der Waals surface area contributed by atoms with Crippen molar-refractivity contribution in [3.05, 3.63) is 35.8 Å². The number of aliphatic hydroxyl groups excluding tert-OH is 1. The number of aliphatic hydroxyl groups is 1. The molecule has 1 aromatic rings. The molecule has 1 fully saturated rings. The predicted octanol–water partition coefficient (Wildman–Crippen LogP) is 3.58. The molecule has 0 aromatic carbocycles. The van der Waals surface area contributed by atoms with Gasteiger partial charge in [0.2, 0.25) is 5.91 Å². The fraction of sp³-hybridized carbons (Fsp3) is 0.611. The van der Waals surface area contributed by atoms with Crippen LogP contribution in [0.4, 0.5) is 0 Å². The quantitative estimate of drug-likeness (QED) is 0.846. The molecule has 2 unspecified atom stereocenters. The number of allylic oxidation sites excluding steroid dienone is 1. The van der Waals surface area contributed by atoms with Gasteiger partial charge in [-0.3, -0.25) is 4.79 Å². The third kappa shape index (κ3) is 3.61. The normalized spacial score (nSPS) is 23.4. The van der Waals surface area contributed by atoms with E-state index in [9.17, 15) is 9.90 Å². The molecule has 1 aromatic heterocycles. The van der Waals surface area contributed by atoms with E-state index >= 15 is 0 Å². The summed E-state index contributed by atoms with van der Waals surface area (Å²) in [5.74, 6) is 0.816. The molecule has 1 amide bonds. The third-order valence-corrected chi connectivity index (χ3v) is 4.83. The Morgan fingerprint density at radius 3 is 3.05 bits per heavy atom. The standard InChI is InChI=1S/C18H25NO3/c20-16(17-9-5-11-22-17)13-15-8-4-10-19(15)18(21)12-14-6-2-1-3-7-14/h5-6,9,11,15-16,20H,1-4,7-8,10,12-13H2. The summed E-state index contributed by atoms with van der Waals surface area (Å²) in [6.07, 6.45) is 11.0. The van der Waals surface area contributed by atoms with Crippen molar-refractivity contribution in [3.63, 3.8) is 0 Å². The SMILES string of the molecule is O=C(CC1=CCCCC1)N1CCCC1CC(O)c1ccco1. The lowest BCUT2D eigenvalue weighted by Crippen LogP contribution is -2.36. The van der Waals surface area contributed by atoms with Crippen molar-refractivity contribution in [2.75, 3.05) is 6.54 Å². The second-order valence-corrected chi connectivity index (χ2v) is 6.44. The molecule has 4 nitrogen and oxygen atoms in total. The van der Waals surface area contributed by atoms with Crippen LogP contribution in [-0.4, -0.2) is 28.5 Å². The van der Waals surface area contributed by atoms with Crippen molar-refractivity contribution >= 4 is 5.91 Å². The molecule has 1 saturated heterocycles. The summed E-state index contributed by atoms with van der Waals surface area (Å²) in [5, 5.41) is 10.2. The molecule has 0 saturated carbocycles. The van der Waals surface area contributed by atoms with Crippen LogP contribution in [0, 0.1) is 0 Å². The van der Waals surface area contributed by atoms with Crippen LogP contribution in [0.15, 0.2) is 34.5 Å². The second kappa shape index (κ2) is 7.14. The highest BCUT2D eigenvalue weighted by atomic mass is 16.4. The topological polar surface area (TPSA) is 53.7 Å². The molecule has 2 heterocycles. The van der Waals surface area contributed by atoms with Gasteiger partial charge in [-0.1, -0.05) is 11.6 Å². The molecule has 22 heavy (non-hydrogen) atoms. The lowest BCUT2D eigenvalue weighted by Gasteiger charge is -2.27. The molecule has 4 heteroatoms. The Labute approximate surface area is 131 Å². The van der Waals surface area contributed by atoms with Crippen LogP contribution >= 0.6 is 0 Å². The number of nitrogens with zero attached hydrogens (tertiary/aromatic N) is 1. The predicted molar refractivity (Wildman–Crippen MR) is 84.2 cm³/mol. The first-order chi connectivity index (χ1) is 10.7. The number of hydrogen-bond donors (Lipinski definition) is 1. The van der Waals surface area contributed by atoms with Gasteiger partial charge in [-0.05, 0) is 50.7 Å². The highest BCUT2D eigenvalue weighted by Crippen LogP contribution is 2.29. The van der Waals surface area contributed by atoms with Gasteiger partial charge in [0.1, 0.15) is 11.9 Å². The van der Waals surface area contributed by atoms with Crippen LogP contribution in [0.1, 0.15) is 63.2 Å². The first kappa shape index (κ1) is 15.3. The van der Waals surface area contributed by atoms with Gasteiger partial charge in [-0.2, -0.15) is 0 Å². The highest BCUT2D eigenvalue weighted by Gasteiger charge is 2.31. The Bertz CT molecular complexity index is 520. The molecule has 0 bridgehead atoms. The Kier molecular flexibility index (Phi) is 4.98. The maximum atomic E-state index is 12.6. The molecule has 3 rings (SSSR count). The summed E-state index contributed by atoms with van der Waals surface area (Å²) in [4.78, 5) is 14.5. The van der Waals surface area contributed by atoms with E-state index in [1.807, 2.05) is 4.90 Å². The van der Waals surface area contributed by atoms with E-state index in [4.69, 9.17) is 4.42 Å². The van der Waals surface area contributed by atoms with E-state index in [2.05, 4.69) is 6.08 Å². The van der Waals surface area contributed by atoms with Gasteiger partial charge < -0.3 is 14.4 Å². The van der Waals surface area contributed by atoms with Crippen LogP contribution < -0.4 is 0 Å². The lowest BCUT2D eigenvalue weighted by atomic mass is 9.96. The van der Waals surface area contributed by atoms with E-state index < -0.39 is 6.10 Å². The number of carbonyl (C=O) groups excluding carboxylic acids is 1. The van der Waals surface area contributed by atoms with Crippen molar-refractivity contribution in [1.82, 2.24) is 4.90 Å². The smallest absolute Gasteiger partial charge is 0.226 e. The van der Waals surface area contributed by atoms with Crippen LogP contribution in [0.3, 0.4) is 0 Å². The van der Waals surface area contributed by atoms with Gasteiger partial charge in [0.05, 0.1) is 6.26 Å². The molecule has 2 atom stereocenters. The first-order valence-corrected chi connectivity index (χ1v) is 8.43. The number of hydrogen-bond acceptors (Lipinski definition) is 3. The fourth-order valence-electron chi connectivity index (χ4n) is 3.62. The van der Waals surface area contributed by atoms with Crippen molar-refractivity contribution in [1.29, 1.82) is 0 Å². The van der Waals surface area contributed by atoms with Crippen LogP contribution in [0.2, 0.25) is 0 Å². The van der Waals surface area contributed by atoms with Gasteiger partial charge in [0.15, 0.2) is 0 Å². The molecule has 1 N–H and O–H groups in total. The van der Waals surface area contributed by atoms with Crippen LogP contribution in [-0.2, 0) is 4.79 Å². The van der Waals surface area contributed by atoms with Gasteiger partial charge in [-0.15, -0.1) is 0 Å². The van der Waals surface area contributed by atoms with Gasteiger partial charge >= 0.3 is 0 Å². The zero-order chi connectivity index (χ0) is 15.4. The third-order valence-electron chi connectivity index (χ3n) is 4.83. The Balaban J connectivity index is 1.57. The maximum Gasteiger partial charge on any atom is 0.226 e. The zero-order valence-corrected chi connectivity index (χ0v) is 13.0. The number of furan rings is 1. The van der Waals surface area contributed by atoms with E-state index in [1.54, 1.807) is 18.4 Å². The number of rotatable bonds is 5. The summed E-state index contributed by atoms with van der Waals surface area (Å²) in [6, 6.07) is 3.71. The largest absolute Gasteiger partial charge is 0.467 e. The Morgan fingerprint density at radius 1 is 1.41 bits per heavy atom. The van der Waals surface area contributed by atoms with E-state index in [0.29, 0.717) is 18.6 Å².